The molecule has 0 aliphatic carbocycles. The number of fused-ring (bicyclic) bond motifs is 3. The molecule has 0 saturated carbocycles. The van der Waals surface area contributed by atoms with Gasteiger partial charge in [-0.2, -0.15) is 9.97 Å². The van der Waals surface area contributed by atoms with Gasteiger partial charge in [-0.05, 0) is 73.2 Å². The fraction of sp³-hybridized carbons (Fsp3) is 0.469. The van der Waals surface area contributed by atoms with E-state index in [-0.39, 0.29) is 47.8 Å². The smallest absolute Gasteiger partial charge is 0.319 e. The zero-order valence-electron chi connectivity index (χ0n) is 24.0. The Morgan fingerprint density at radius 3 is 2.81 bits per heavy atom. The molecule has 8 nitrogen and oxygen atoms in total. The number of halogens is 3. The van der Waals surface area contributed by atoms with Gasteiger partial charge in [-0.1, -0.05) is 13.0 Å². The van der Waals surface area contributed by atoms with Crippen LogP contribution in [0.15, 0.2) is 30.5 Å². The molecular weight excluding hydrogens is 559 g/mol. The number of benzene rings is 2. The molecule has 5 heterocycles. The minimum atomic E-state index is -0.923. The Morgan fingerprint density at radius 1 is 1.14 bits per heavy atom. The molecule has 2 aromatic heterocycles. The third-order valence-corrected chi connectivity index (χ3v) is 9.50. The van der Waals surface area contributed by atoms with Crippen molar-refractivity contribution in [3.63, 3.8) is 0 Å². The maximum atomic E-state index is 16.7. The number of aliphatic hydroxyl groups is 1. The number of anilines is 1. The van der Waals surface area contributed by atoms with E-state index < -0.39 is 23.3 Å². The first-order valence-electron chi connectivity index (χ1n) is 15.0. The molecule has 43 heavy (non-hydrogen) atoms. The van der Waals surface area contributed by atoms with Crippen molar-refractivity contribution in [1.82, 2.24) is 19.9 Å². The van der Waals surface area contributed by atoms with Crippen molar-refractivity contribution in [2.24, 2.45) is 0 Å². The van der Waals surface area contributed by atoms with Gasteiger partial charge >= 0.3 is 6.01 Å². The highest BCUT2D eigenvalue weighted by atomic mass is 19.1. The average molecular weight is 594 g/mol. The van der Waals surface area contributed by atoms with Crippen LogP contribution in [-0.2, 0) is 6.42 Å². The number of aromatic hydroxyl groups is 1. The fourth-order valence-corrected chi connectivity index (χ4v) is 7.48. The lowest BCUT2D eigenvalue weighted by atomic mass is 9.94. The summed E-state index contributed by atoms with van der Waals surface area (Å²) in [5.41, 5.74) is 0.0916. The van der Waals surface area contributed by atoms with Crippen LogP contribution in [0.4, 0.5) is 19.0 Å². The molecule has 2 N–H and O–H groups in total. The summed E-state index contributed by atoms with van der Waals surface area (Å²) in [6.45, 7) is 3.69. The van der Waals surface area contributed by atoms with Gasteiger partial charge in [-0.3, -0.25) is 9.88 Å². The van der Waals surface area contributed by atoms with Crippen LogP contribution in [0, 0.1) is 11.6 Å². The first kappa shape index (κ1) is 28.1. The van der Waals surface area contributed by atoms with E-state index in [1.165, 1.54) is 24.4 Å². The average Bonchev–Trinajstić information content (AvgIpc) is 3.70. The van der Waals surface area contributed by atoms with Crippen molar-refractivity contribution < 1.29 is 28.1 Å². The van der Waals surface area contributed by atoms with Crippen LogP contribution in [-0.4, -0.2) is 80.7 Å². The van der Waals surface area contributed by atoms with Crippen LogP contribution in [0.5, 0.6) is 11.8 Å². The summed E-state index contributed by atoms with van der Waals surface area (Å²) in [7, 11) is 0. The van der Waals surface area contributed by atoms with E-state index in [9.17, 15) is 19.0 Å². The lowest BCUT2D eigenvalue weighted by molar-refractivity contribution is 0.107. The molecule has 0 radical (unpaired) electrons. The lowest BCUT2D eigenvalue weighted by Crippen LogP contribution is -2.43. The molecule has 226 valence electrons. The van der Waals surface area contributed by atoms with Gasteiger partial charge in [0.25, 0.3) is 0 Å². The molecule has 0 amide bonds. The number of aromatic nitrogens is 3. The van der Waals surface area contributed by atoms with Gasteiger partial charge in [0.1, 0.15) is 41.4 Å². The summed E-state index contributed by atoms with van der Waals surface area (Å²) < 4.78 is 52.1. The second kappa shape index (κ2) is 10.8. The molecular formula is C32H34F3N5O3. The molecule has 3 aliphatic rings. The highest BCUT2D eigenvalue weighted by Gasteiger charge is 2.49. The maximum Gasteiger partial charge on any atom is 0.319 e. The number of hydrogen-bond donors (Lipinski definition) is 2. The first-order chi connectivity index (χ1) is 20.8. The summed E-state index contributed by atoms with van der Waals surface area (Å²) in [6, 6.07) is 5.56. The van der Waals surface area contributed by atoms with Crippen LogP contribution in [0.25, 0.3) is 32.9 Å². The molecule has 4 aromatic rings. The van der Waals surface area contributed by atoms with Crippen LogP contribution < -0.4 is 9.64 Å². The highest BCUT2D eigenvalue weighted by molar-refractivity contribution is 6.01. The normalized spacial score (nSPS) is 24.0. The molecule has 1 unspecified atom stereocenters. The predicted molar refractivity (Wildman–Crippen MR) is 157 cm³/mol. The zero-order valence-corrected chi connectivity index (χ0v) is 24.0. The van der Waals surface area contributed by atoms with Crippen LogP contribution in [0.2, 0.25) is 0 Å². The number of hydrogen-bond acceptors (Lipinski definition) is 8. The molecule has 3 atom stereocenters. The minimum Gasteiger partial charge on any atom is -0.508 e. The van der Waals surface area contributed by atoms with Crippen LogP contribution >= 0.6 is 0 Å². The Labute approximate surface area is 247 Å². The van der Waals surface area contributed by atoms with Gasteiger partial charge < -0.3 is 19.8 Å². The molecule has 3 aliphatic heterocycles. The van der Waals surface area contributed by atoms with Gasteiger partial charge in [0, 0.05) is 31.3 Å². The van der Waals surface area contributed by atoms with E-state index in [4.69, 9.17) is 9.72 Å². The number of phenolic OH excluding ortho intramolecular Hbond substituents is 1. The Bertz CT molecular complexity index is 1720. The summed E-state index contributed by atoms with van der Waals surface area (Å²) in [6.07, 6.45) is 4.63. The summed E-state index contributed by atoms with van der Waals surface area (Å²) in [5, 5.41) is 22.0. The Kier molecular flexibility index (Phi) is 7.04. The lowest BCUT2D eigenvalue weighted by Gasteiger charge is -2.31. The predicted octanol–water partition coefficient (Wildman–Crippen LogP) is 5.31. The number of ether oxygens (including phenoxy) is 1. The molecule has 3 saturated heterocycles. The van der Waals surface area contributed by atoms with E-state index >= 15 is 4.39 Å². The van der Waals surface area contributed by atoms with E-state index in [2.05, 4.69) is 14.9 Å². The Morgan fingerprint density at radius 2 is 2.00 bits per heavy atom. The summed E-state index contributed by atoms with van der Waals surface area (Å²) in [4.78, 5) is 17.7. The highest BCUT2D eigenvalue weighted by Crippen LogP contribution is 2.42. The molecule has 11 heteroatoms. The van der Waals surface area contributed by atoms with Crippen LogP contribution in [0.3, 0.4) is 0 Å². The number of nitrogens with zero attached hydrogens (tertiary/aromatic N) is 5. The van der Waals surface area contributed by atoms with Gasteiger partial charge in [0.2, 0.25) is 0 Å². The number of phenols is 1. The number of pyridine rings is 1. The van der Waals surface area contributed by atoms with Gasteiger partial charge in [0.05, 0.1) is 23.6 Å². The monoisotopic (exact) mass is 593 g/mol. The maximum absolute atomic E-state index is 16.7. The summed E-state index contributed by atoms with van der Waals surface area (Å²) in [5.74, 6) is -0.869. The Balaban J connectivity index is 1.39. The standard InChI is InChI=1S/C32H34F3N5O3/c1-2-22-25(34)7-6-18-11-21(42)12-23(26(18)22)28-27(35)29-24(14-36-28)30(40-10-3-5-20(40)16-41)38-31(37-29)43-17-32-8-4-9-39(32)15-19(33)13-32/h6-7,11-12,14,19-20,41-42H,2-5,8-10,13,15-17H2,1H3/t19-,20-,32?/m1/s1. The quantitative estimate of drug-likeness (QED) is 0.298. The fourth-order valence-electron chi connectivity index (χ4n) is 7.48. The van der Waals surface area contributed by atoms with Crippen molar-refractivity contribution in [2.45, 2.75) is 63.2 Å². The van der Waals surface area contributed by atoms with E-state index in [1.54, 1.807) is 6.07 Å². The van der Waals surface area contributed by atoms with Crippen molar-refractivity contribution >= 4 is 27.5 Å². The molecule has 0 spiro atoms. The second-order valence-electron chi connectivity index (χ2n) is 12.0. The zero-order chi connectivity index (χ0) is 29.9. The molecule has 2 aromatic carbocycles. The third kappa shape index (κ3) is 4.64. The minimum absolute atomic E-state index is 0.0323. The van der Waals surface area contributed by atoms with E-state index in [0.717, 1.165) is 32.2 Å². The number of alkyl halides is 1. The third-order valence-electron chi connectivity index (χ3n) is 9.50. The van der Waals surface area contributed by atoms with Gasteiger partial charge in [-0.15, -0.1) is 0 Å². The summed E-state index contributed by atoms with van der Waals surface area (Å²) >= 11 is 0. The number of aliphatic hydroxyl groups excluding tert-OH is 1. The van der Waals surface area contributed by atoms with Gasteiger partial charge in [0.15, 0.2) is 5.82 Å². The molecule has 0 bridgehead atoms. The SMILES string of the molecule is CCc1c(F)ccc2cc(O)cc(-c3ncc4c(N5CCC[C@@H]5CO)nc(OCC56CCCN5C[C@H](F)C6)nc4c3F)c12. The van der Waals surface area contributed by atoms with Crippen molar-refractivity contribution in [1.29, 1.82) is 0 Å². The van der Waals surface area contributed by atoms with E-state index in [1.807, 2.05) is 11.8 Å². The largest absolute Gasteiger partial charge is 0.508 e. The molecule has 7 rings (SSSR count). The van der Waals surface area contributed by atoms with Crippen molar-refractivity contribution in [3.8, 4) is 23.0 Å². The van der Waals surface area contributed by atoms with E-state index in [0.29, 0.717) is 53.5 Å². The Hall–Kier alpha value is -3.70. The van der Waals surface area contributed by atoms with Gasteiger partial charge in [-0.25, -0.2) is 13.2 Å². The second-order valence-corrected chi connectivity index (χ2v) is 12.0. The first-order valence-corrected chi connectivity index (χ1v) is 15.0. The van der Waals surface area contributed by atoms with Crippen molar-refractivity contribution in [2.75, 3.05) is 37.7 Å². The van der Waals surface area contributed by atoms with Crippen LogP contribution in [0.1, 0.15) is 44.6 Å². The number of rotatable bonds is 7. The number of aryl methyl sites for hydroxylation is 1. The topological polar surface area (TPSA) is 94.8 Å². The molecule has 3 fully saturated rings. The van der Waals surface area contributed by atoms with Crippen molar-refractivity contribution in [3.05, 3.63) is 47.7 Å².